The lowest BCUT2D eigenvalue weighted by Gasteiger charge is -2.25. The van der Waals surface area contributed by atoms with Gasteiger partial charge in [-0.2, -0.15) is 5.10 Å². The molecule has 4 rings (SSSR count). The van der Waals surface area contributed by atoms with E-state index in [2.05, 4.69) is 20.9 Å². The molecule has 0 aliphatic heterocycles. The van der Waals surface area contributed by atoms with Crippen LogP contribution in [0.3, 0.4) is 0 Å². The summed E-state index contributed by atoms with van der Waals surface area (Å²) in [5.41, 5.74) is 4.91. The molecule has 0 bridgehead atoms. The summed E-state index contributed by atoms with van der Waals surface area (Å²) in [4.78, 5) is 11.5. The second-order valence-electron chi connectivity index (χ2n) is 7.32. The van der Waals surface area contributed by atoms with Crippen LogP contribution >= 0.6 is 0 Å². The number of fused-ring (bicyclic) bond motifs is 1. The molecule has 0 aliphatic carbocycles. The molecule has 0 saturated heterocycles. The van der Waals surface area contributed by atoms with E-state index in [9.17, 15) is 0 Å². The number of hydrogen-bond acceptors (Lipinski definition) is 7. The molecule has 0 fully saturated rings. The quantitative estimate of drug-likeness (QED) is 0.395. The number of aliphatic hydroxyl groups is 1. The van der Waals surface area contributed by atoms with Gasteiger partial charge in [-0.3, -0.25) is 9.67 Å². The molecule has 168 valence electrons. The van der Waals surface area contributed by atoms with Crippen LogP contribution in [0.4, 0.5) is 11.4 Å². The number of hydrogen-bond donors (Lipinski definition) is 1. The van der Waals surface area contributed by atoms with Gasteiger partial charge in [-0.15, -0.1) is 12.3 Å². The highest BCUT2D eigenvalue weighted by Gasteiger charge is 2.14. The minimum Gasteiger partial charge on any atom is -0.497 e. The van der Waals surface area contributed by atoms with E-state index in [-0.39, 0.29) is 6.61 Å². The summed E-state index contributed by atoms with van der Waals surface area (Å²) in [5, 5.41) is 13.4. The Balaban J connectivity index is 1.75. The molecule has 0 radical (unpaired) electrons. The molecule has 33 heavy (non-hydrogen) atoms. The van der Waals surface area contributed by atoms with E-state index in [1.165, 1.54) is 0 Å². The standard InChI is InChI=1S/C25H25N5O3/c1-4-5-8-30(20-11-21(32-2)14-22(12-20)33-3)19-6-7-23-24(13-19)28-25(16-26-23)18-15-27-29(17-18)9-10-31/h1,6-7,11-17,31H,5,8-10H2,2-3H3. The Morgan fingerprint density at radius 2 is 1.82 bits per heavy atom. The van der Waals surface area contributed by atoms with Crippen LogP contribution in [-0.2, 0) is 6.54 Å². The average Bonchev–Trinajstić information content (AvgIpc) is 3.32. The van der Waals surface area contributed by atoms with Crippen molar-refractivity contribution in [3.05, 3.63) is 55.0 Å². The second kappa shape index (κ2) is 10.0. The van der Waals surface area contributed by atoms with E-state index in [4.69, 9.17) is 26.0 Å². The number of rotatable bonds is 9. The molecule has 1 N–H and O–H groups in total. The predicted octanol–water partition coefficient (Wildman–Crippen LogP) is 3.66. The number of nitrogens with zero attached hydrogens (tertiary/aromatic N) is 5. The minimum atomic E-state index is 0.0242. The summed E-state index contributed by atoms with van der Waals surface area (Å²) in [6.45, 7) is 1.06. The highest BCUT2D eigenvalue weighted by Crippen LogP contribution is 2.34. The number of methoxy groups -OCH3 is 2. The third kappa shape index (κ3) is 4.89. The van der Waals surface area contributed by atoms with Gasteiger partial charge in [0.1, 0.15) is 11.5 Å². The van der Waals surface area contributed by atoms with Crippen molar-refractivity contribution in [3.63, 3.8) is 0 Å². The van der Waals surface area contributed by atoms with Crippen LogP contribution in [0.25, 0.3) is 22.3 Å². The third-order valence-corrected chi connectivity index (χ3v) is 5.22. The lowest BCUT2D eigenvalue weighted by Crippen LogP contribution is -2.18. The van der Waals surface area contributed by atoms with Crippen LogP contribution in [0, 0.1) is 12.3 Å². The molecule has 0 aliphatic rings. The molecule has 0 unspecified atom stereocenters. The van der Waals surface area contributed by atoms with Gasteiger partial charge in [0.25, 0.3) is 0 Å². The van der Waals surface area contributed by atoms with Crippen molar-refractivity contribution in [2.45, 2.75) is 13.0 Å². The van der Waals surface area contributed by atoms with E-state index in [1.807, 2.05) is 42.6 Å². The van der Waals surface area contributed by atoms with E-state index < -0.39 is 0 Å². The van der Waals surface area contributed by atoms with Crippen molar-refractivity contribution in [2.24, 2.45) is 0 Å². The van der Waals surface area contributed by atoms with Crippen molar-refractivity contribution in [3.8, 4) is 35.1 Å². The van der Waals surface area contributed by atoms with E-state index in [0.717, 1.165) is 28.0 Å². The fraction of sp³-hybridized carbons (Fsp3) is 0.240. The number of anilines is 2. The van der Waals surface area contributed by atoms with Gasteiger partial charge in [0.2, 0.25) is 0 Å². The summed E-state index contributed by atoms with van der Waals surface area (Å²) in [5.74, 6) is 4.10. The van der Waals surface area contributed by atoms with E-state index in [0.29, 0.717) is 36.7 Å². The summed E-state index contributed by atoms with van der Waals surface area (Å²) < 4.78 is 12.6. The average molecular weight is 444 g/mol. The zero-order valence-corrected chi connectivity index (χ0v) is 18.6. The molecule has 0 amide bonds. The first kappa shape index (κ1) is 22.1. The highest BCUT2D eigenvalue weighted by molar-refractivity contribution is 5.82. The van der Waals surface area contributed by atoms with Crippen molar-refractivity contribution in [2.75, 3.05) is 32.3 Å². The summed E-state index contributed by atoms with van der Waals surface area (Å²) in [6, 6.07) is 11.7. The maximum atomic E-state index is 9.12. The molecule has 8 nitrogen and oxygen atoms in total. The first-order chi connectivity index (χ1) is 16.1. The van der Waals surface area contributed by atoms with E-state index in [1.54, 1.807) is 31.3 Å². The molecule has 8 heteroatoms. The van der Waals surface area contributed by atoms with Crippen molar-refractivity contribution < 1.29 is 14.6 Å². The van der Waals surface area contributed by atoms with Gasteiger partial charge in [0.15, 0.2) is 0 Å². The van der Waals surface area contributed by atoms with Crippen molar-refractivity contribution >= 4 is 22.4 Å². The first-order valence-electron chi connectivity index (χ1n) is 10.5. The molecule has 2 heterocycles. The highest BCUT2D eigenvalue weighted by atomic mass is 16.5. The fourth-order valence-electron chi connectivity index (χ4n) is 3.56. The normalized spacial score (nSPS) is 10.7. The SMILES string of the molecule is C#CCCN(c1cc(OC)cc(OC)c1)c1ccc2ncc(-c3cnn(CCO)c3)nc2c1. The Hall–Kier alpha value is -4.09. The number of aliphatic hydroxyl groups excluding tert-OH is 1. The van der Waals surface area contributed by atoms with Crippen LogP contribution in [0.1, 0.15) is 6.42 Å². The number of terminal acetylenes is 1. The summed E-state index contributed by atoms with van der Waals surface area (Å²) in [7, 11) is 3.25. The second-order valence-corrected chi connectivity index (χ2v) is 7.32. The lowest BCUT2D eigenvalue weighted by atomic mass is 10.1. The minimum absolute atomic E-state index is 0.0242. The fourth-order valence-corrected chi connectivity index (χ4v) is 3.56. The van der Waals surface area contributed by atoms with Gasteiger partial charge in [-0.05, 0) is 18.2 Å². The molecule has 4 aromatic rings. The summed E-state index contributed by atoms with van der Waals surface area (Å²) in [6.07, 6.45) is 11.4. The predicted molar refractivity (Wildman–Crippen MR) is 128 cm³/mol. The zero-order chi connectivity index (χ0) is 23.2. The number of benzene rings is 2. The van der Waals surface area contributed by atoms with Crippen molar-refractivity contribution in [1.29, 1.82) is 0 Å². The van der Waals surface area contributed by atoms with Gasteiger partial charge in [-0.1, -0.05) is 0 Å². The van der Waals surface area contributed by atoms with Gasteiger partial charge in [-0.25, -0.2) is 4.98 Å². The Labute approximate surface area is 192 Å². The number of aromatic nitrogens is 4. The largest absolute Gasteiger partial charge is 0.497 e. The topological polar surface area (TPSA) is 85.5 Å². The first-order valence-corrected chi connectivity index (χ1v) is 10.5. The lowest BCUT2D eigenvalue weighted by molar-refractivity contribution is 0.269. The maximum Gasteiger partial charge on any atom is 0.124 e. The molecule has 0 atom stereocenters. The van der Waals surface area contributed by atoms with Gasteiger partial charge >= 0.3 is 0 Å². The van der Waals surface area contributed by atoms with Crippen LogP contribution in [-0.4, -0.2) is 52.2 Å². The zero-order valence-electron chi connectivity index (χ0n) is 18.6. The van der Waals surface area contributed by atoms with Gasteiger partial charge in [0, 0.05) is 54.3 Å². The van der Waals surface area contributed by atoms with Crippen LogP contribution in [0.15, 0.2) is 55.0 Å². The monoisotopic (exact) mass is 443 g/mol. The van der Waals surface area contributed by atoms with Crippen LogP contribution < -0.4 is 14.4 Å². The van der Waals surface area contributed by atoms with Crippen LogP contribution in [0.5, 0.6) is 11.5 Å². The molecule has 2 aromatic carbocycles. The Bertz CT molecular complexity index is 1270. The molecule has 0 spiro atoms. The summed E-state index contributed by atoms with van der Waals surface area (Å²) >= 11 is 0. The maximum absolute atomic E-state index is 9.12. The van der Waals surface area contributed by atoms with E-state index >= 15 is 0 Å². The molecular weight excluding hydrogens is 418 g/mol. The van der Waals surface area contributed by atoms with Gasteiger partial charge in [0.05, 0.1) is 56.5 Å². The Morgan fingerprint density at radius 3 is 2.52 bits per heavy atom. The van der Waals surface area contributed by atoms with Crippen molar-refractivity contribution in [1.82, 2.24) is 19.7 Å². The smallest absolute Gasteiger partial charge is 0.124 e. The molecule has 0 saturated carbocycles. The van der Waals surface area contributed by atoms with Gasteiger partial charge < -0.3 is 19.5 Å². The third-order valence-electron chi connectivity index (χ3n) is 5.22. The Kier molecular flexibility index (Phi) is 6.72. The molecular formula is C25H25N5O3. The number of ether oxygens (including phenoxy) is 2. The Morgan fingerprint density at radius 1 is 1.03 bits per heavy atom. The molecule has 2 aromatic heterocycles. The van der Waals surface area contributed by atoms with Crippen LogP contribution in [0.2, 0.25) is 0 Å².